The molecule has 1 N–H and O–H groups in total. The van der Waals surface area contributed by atoms with Gasteiger partial charge in [-0.2, -0.15) is 4.84 Å². The summed E-state index contributed by atoms with van der Waals surface area (Å²) < 4.78 is 39.3. The van der Waals surface area contributed by atoms with Gasteiger partial charge in [-0.25, -0.2) is 23.2 Å². The van der Waals surface area contributed by atoms with Crippen molar-refractivity contribution in [1.29, 1.82) is 0 Å². The molecule has 3 rings (SSSR count). The first-order valence-electron chi connectivity index (χ1n) is 11.0. The third-order valence-corrected chi connectivity index (χ3v) is 6.29. The molecule has 198 valence electrons. The van der Waals surface area contributed by atoms with Gasteiger partial charge in [0, 0.05) is 17.4 Å². The molecule has 0 aliphatic heterocycles. The van der Waals surface area contributed by atoms with Crippen molar-refractivity contribution >= 4 is 33.1 Å². The van der Waals surface area contributed by atoms with E-state index in [0.717, 1.165) is 6.26 Å². The van der Waals surface area contributed by atoms with Gasteiger partial charge in [-0.1, -0.05) is 54.6 Å². The Bertz CT molecular complexity index is 1450. The Morgan fingerprint density at radius 1 is 0.921 bits per heavy atom. The van der Waals surface area contributed by atoms with Gasteiger partial charge in [0.2, 0.25) is 0 Å². The van der Waals surface area contributed by atoms with Gasteiger partial charge in [-0.15, -0.1) is 0 Å². The summed E-state index contributed by atoms with van der Waals surface area (Å²) in [5.74, 6) is -0.620. The Morgan fingerprint density at radius 2 is 1.61 bits per heavy atom. The first kappa shape index (κ1) is 27.9. The zero-order valence-corrected chi connectivity index (χ0v) is 21.2. The highest BCUT2D eigenvalue weighted by Gasteiger charge is 2.22. The third kappa shape index (κ3) is 7.64. The van der Waals surface area contributed by atoms with Crippen LogP contribution >= 0.6 is 0 Å². The van der Waals surface area contributed by atoms with Crippen LogP contribution < -0.4 is 4.74 Å². The van der Waals surface area contributed by atoms with Gasteiger partial charge >= 0.3 is 17.2 Å². The lowest BCUT2D eigenvalue weighted by Gasteiger charge is -2.16. The van der Waals surface area contributed by atoms with E-state index in [4.69, 9.17) is 19.4 Å². The van der Waals surface area contributed by atoms with Gasteiger partial charge in [-0.05, 0) is 35.4 Å². The van der Waals surface area contributed by atoms with Crippen LogP contribution in [0.3, 0.4) is 0 Å². The van der Waals surface area contributed by atoms with Gasteiger partial charge < -0.3 is 14.2 Å². The molecule has 0 saturated carbocycles. The number of carbonyl (C=O) groups is 2. The van der Waals surface area contributed by atoms with Crippen LogP contribution in [-0.2, 0) is 35.5 Å². The fraction of sp³-hybridized carbons (Fsp3) is 0.154. The van der Waals surface area contributed by atoms with Gasteiger partial charge in [0.15, 0.2) is 16.4 Å². The summed E-state index contributed by atoms with van der Waals surface area (Å²) in [5, 5.41) is 7.88. The largest absolute Gasteiger partial charge is 0.514 e. The topological polar surface area (TPSA) is 146 Å². The van der Waals surface area contributed by atoms with Crippen molar-refractivity contribution in [3.8, 4) is 5.75 Å². The van der Waals surface area contributed by atoms with Crippen LogP contribution in [-0.4, -0.2) is 50.8 Å². The van der Waals surface area contributed by atoms with E-state index in [1.807, 2.05) is 0 Å². The van der Waals surface area contributed by atoms with Gasteiger partial charge in [0.05, 0.1) is 17.6 Å². The minimum atomic E-state index is -3.47. The molecule has 3 aromatic carbocycles. The smallest absolute Gasteiger partial charge is 0.465 e. The molecule has 0 aliphatic carbocycles. The van der Waals surface area contributed by atoms with E-state index in [1.54, 1.807) is 36.4 Å². The predicted octanol–water partition coefficient (Wildman–Crippen LogP) is 3.99. The molecule has 0 radical (unpaired) electrons. The number of ether oxygens (including phenoxy) is 3. The summed E-state index contributed by atoms with van der Waals surface area (Å²) in [6.07, 6.45) is -0.0261. The first-order chi connectivity index (χ1) is 18.1. The molecule has 3 aromatic rings. The van der Waals surface area contributed by atoms with Crippen LogP contribution in [0.25, 0.3) is 11.1 Å². The second-order valence-corrected chi connectivity index (χ2v) is 9.82. The van der Waals surface area contributed by atoms with E-state index in [0.29, 0.717) is 16.7 Å². The quantitative estimate of drug-likeness (QED) is 0.131. The highest BCUT2D eigenvalue weighted by atomic mass is 32.2. The summed E-state index contributed by atoms with van der Waals surface area (Å²) in [7, 11) is -2.25. The maximum atomic E-state index is 12.8. The summed E-state index contributed by atoms with van der Waals surface area (Å²) in [4.78, 5) is 40.4. The molecule has 0 aromatic heterocycles. The molecule has 0 saturated heterocycles. The first-order valence-corrected chi connectivity index (χ1v) is 12.9. The molecule has 38 heavy (non-hydrogen) atoms. The molecule has 0 atom stereocenters. The average molecular weight is 543 g/mol. The lowest BCUT2D eigenvalue weighted by molar-refractivity contribution is -0.979. The van der Waals surface area contributed by atoms with E-state index < -0.39 is 33.7 Å². The number of rotatable bonds is 10. The van der Waals surface area contributed by atoms with Crippen LogP contribution in [0.4, 0.5) is 4.79 Å². The molecule has 0 amide bonds. The molecular formula is C26H24NO10S+. The predicted molar refractivity (Wildman–Crippen MR) is 133 cm³/mol. The Hall–Kier alpha value is -4.71. The number of carbonyl (C=O) groups excluding carboxylic acids is 2. The third-order valence-electron chi connectivity index (χ3n) is 5.16. The zero-order valence-electron chi connectivity index (χ0n) is 20.4. The molecule has 12 heteroatoms. The summed E-state index contributed by atoms with van der Waals surface area (Å²) in [6, 6.07) is 20.3. The Morgan fingerprint density at radius 3 is 2.21 bits per heavy atom. The maximum absolute atomic E-state index is 12.8. The van der Waals surface area contributed by atoms with Crippen molar-refractivity contribution in [3.63, 3.8) is 0 Å². The van der Waals surface area contributed by atoms with E-state index in [-0.39, 0.29) is 28.4 Å². The lowest BCUT2D eigenvalue weighted by Crippen LogP contribution is -2.15. The second kappa shape index (κ2) is 12.5. The Labute approximate surface area is 218 Å². The zero-order chi connectivity index (χ0) is 27.7. The molecule has 0 fully saturated rings. The monoisotopic (exact) mass is 542 g/mol. The fourth-order valence-electron chi connectivity index (χ4n) is 3.41. The Kier molecular flexibility index (Phi) is 9.17. The molecule has 0 unspecified atom stereocenters. The van der Waals surface area contributed by atoms with E-state index in [9.17, 15) is 22.9 Å². The van der Waals surface area contributed by atoms with Crippen LogP contribution in [0.2, 0.25) is 0 Å². The number of hydrogen-bond acceptors (Lipinski definition) is 9. The molecule has 0 bridgehead atoms. The second-order valence-electron chi connectivity index (χ2n) is 7.81. The van der Waals surface area contributed by atoms with Crippen molar-refractivity contribution in [3.05, 3.63) is 100 Å². The van der Waals surface area contributed by atoms with Gasteiger partial charge in [-0.3, -0.25) is 0 Å². The number of benzene rings is 3. The van der Waals surface area contributed by atoms with Crippen molar-refractivity contribution in [1.82, 2.24) is 0 Å². The minimum absolute atomic E-state index is 0.0745. The fourth-order valence-corrected chi connectivity index (χ4v) is 4.04. The number of sulfone groups is 1. The van der Waals surface area contributed by atoms with E-state index in [2.05, 4.69) is 4.84 Å². The molecular weight excluding hydrogens is 518 g/mol. The summed E-state index contributed by atoms with van der Waals surface area (Å²) >= 11 is 0. The average Bonchev–Trinajstić information content (AvgIpc) is 2.89. The van der Waals surface area contributed by atoms with Crippen molar-refractivity contribution in [2.75, 3.05) is 20.0 Å². The normalized spacial score (nSPS) is 11.6. The van der Waals surface area contributed by atoms with Crippen LogP contribution in [0.15, 0.2) is 83.8 Å². The molecule has 0 spiro atoms. The van der Waals surface area contributed by atoms with Crippen molar-refractivity contribution < 1.29 is 47.3 Å². The summed E-state index contributed by atoms with van der Waals surface area (Å²) in [6.45, 7) is -0.697. The van der Waals surface area contributed by atoms with Crippen LogP contribution in [0.5, 0.6) is 5.75 Å². The highest BCUT2D eigenvalue weighted by molar-refractivity contribution is 7.90. The maximum Gasteiger partial charge on any atom is 0.514 e. The number of methoxy groups -OCH3 is 1. The van der Waals surface area contributed by atoms with Crippen molar-refractivity contribution in [2.45, 2.75) is 11.5 Å². The molecule has 0 aliphatic rings. The lowest BCUT2D eigenvalue weighted by atomic mass is 9.95. The highest BCUT2D eigenvalue weighted by Crippen LogP contribution is 2.29. The van der Waals surface area contributed by atoms with Crippen LogP contribution in [0.1, 0.15) is 16.7 Å². The number of hydrogen-bond donors (Lipinski definition) is 1. The van der Waals surface area contributed by atoms with E-state index >= 15 is 0 Å². The standard InChI is InChI=1S/C26H24NO10S/c1-34-25(28)24(20-8-4-3-5-9-20)23(19-11-13-22(14-12-19)38(2,32)33)17-35-26(29)37-21-10-6-7-18(15-21)16-36-27(30)31/h3-15H,16-17H2,1-2H3,(H,30,31)/q+1/b24-23+. The van der Waals surface area contributed by atoms with Gasteiger partial charge in [0.1, 0.15) is 17.3 Å². The SMILES string of the molecule is COC(=O)/C(=C(\COC(=O)Oc1cccc(CO[N+](=O)O)c1)c1ccc(S(C)(=O)=O)cc1)c1ccccc1. The summed E-state index contributed by atoms with van der Waals surface area (Å²) in [5.41, 5.74) is 1.69. The molecule has 11 nitrogen and oxygen atoms in total. The van der Waals surface area contributed by atoms with Crippen LogP contribution in [0, 0.1) is 4.91 Å². The van der Waals surface area contributed by atoms with Crippen molar-refractivity contribution in [2.24, 2.45) is 0 Å². The minimum Gasteiger partial charge on any atom is -0.465 e. The van der Waals surface area contributed by atoms with E-state index in [1.165, 1.54) is 49.6 Å². The number of nitrogens with zero attached hydrogens (tertiary/aromatic N) is 1. The number of esters is 1. The molecule has 0 heterocycles. The van der Waals surface area contributed by atoms with Gasteiger partial charge in [0.25, 0.3) is 0 Å². The Balaban J connectivity index is 1.92.